The molecular formula is C78H139NO18. The van der Waals surface area contributed by atoms with Gasteiger partial charge in [0, 0.05) is 6.42 Å². The maximum absolute atomic E-state index is 13.4. The highest BCUT2D eigenvalue weighted by molar-refractivity contribution is 5.76. The van der Waals surface area contributed by atoms with Crippen LogP contribution in [0.1, 0.15) is 284 Å². The van der Waals surface area contributed by atoms with Crippen LogP contribution in [0, 0.1) is 0 Å². The molecule has 0 aromatic rings. The minimum absolute atomic E-state index is 0.224. The van der Waals surface area contributed by atoms with E-state index in [1.807, 2.05) is 6.08 Å². The average molecular weight is 1380 g/mol. The zero-order valence-electron chi connectivity index (χ0n) is 60.0. The van der Waals surface area contributed by atoms with Crippen LogP contribution in [0.15, 0.2) is 72.9 Å². The van der Waals surface area contributed by atoms with E-state index >= 15 is 0 Å². The van der Waals surface area contributed by atoms with Crippen LogP contribution >= 0.6 is 0 Å². The van der Waals surface area contributed by atoms with Gasteiger partial charge in [-0.15, -0.1) is 0 Å². The maximum Gasteiger partial charge on any atom is 0.220 e. The SMILES string of the molecule is CCCCCCC/C=C\C/C=C\C/C=C\CCCCCCCCCCCCC(=O)NC(COC1OC(CO)C(OC2OC(CO)C(OC3OC(CO)C(O)C(O)C3O)C(O)C2O)C(O)C1O)C(O)/C=C/CC/C=C/CC/C=C/CCCCCCCCCCCCCCCCCCC. The number of hydrogen-bond donors (Lipinski definition) is 12. The van der Waals surface area contributed by atoms with Crippen LogP contribution in [0.2, 0.25) is 0 Å². The average Bonchev–Trinajstić information content (AvgIpc) is 0.797. The fraction of sp³-hybridized carbons (Fsp3) is 0.833. The van der Waals surface area contributed by atoms with Gasteiger partial charge in [0.25, 0.3) is 0 Å². The second kappa shape index (κ2) is 58.7. The van der Waals surface area contributed by atoms with Crippen molar-refractivity contribution in [3.05, 3.63) is 72.9 Å². The normalized spacial score (nSPS) is 27.3. The third-order valence-corrected chi connectivity index (χ3v) is 19.0. The Labute approximate surface area is 585 Å². The molecular weight excluding hydrogens is 1240 g/mol. The summed E-state index contributed by atoms with van der Waals surface area (Å²) in [7, 11) is 0. The third kappa shape index (κ3) is 39.5. The molecule has 0 radical (unpaired) electrons. The largest absolute Gasteiger partial charge is 0.394 e. The van der Waals surface area contributed by atoms with Gasteiger partial charge in [0.15, 0.2) is 18.9 Å². The number of nitrogens with one attached hydrogen (secondary N) is 1. The van der Waals surface area contributed by atoms with E-state index < -0.39 is 124 Å². The second-order valence-corrected chi connectivity index (χ2v) is 27.4. The van der Waals surface area contributed by atoms with E-state index in [0.29, 0.717) is 12.8 Å². The molecule has 0 bridgehead atoms. The number of carbonyl (C=O) groups excluding carboxylic acids is 1. The summed E-state index contributed by atoms with van der Waals surface area (Å²) in [6, 6.07) is -1.00. The van der Waals surface area contributed by atoms with E-state index in [0.717, 1.165) is 70.6 Å². The van der Waals surface area contributed by atoms with Crippen molar-refractivity contribution in [2.75, 3.05) is 26.4 Å². The molecule has 564 valence electrons. The monoisotopic (exact) mass is 1380 g/mol. The first-order chi connectivity index (χ1) is 47.3. The predicted octanol–water partition coefficient (Wildman–Crippen LogP) is 12.1. The van der Waals surface area contributed by atoms with Crippen molar-refractivity contribution in [2.45, 2.75) is 388 Å². The molecule has 19 nitrogen and oxygen atoms in total. The van der Waals surface area contributed by atoms with Crippen molar-refractivity contribution in [1.29, 1.82) is 0 Å². The van der Waals surface area contributed by atoms with E-state index in [1.54, 1.807) is 6.08 Å². The second-order valence-electron chi connectivity index (χ2n) is 27.4. The summed E-state index contributed by atoms with van der Waals surface area (Å²) in [4.78, 5) is 13.4. The highest BCUT2D eigenvalue weighted by Crippen LogP contribution is 2.33. The van der Waals surface area contributed by atoms with Gasteiger partial charge in [0.2, 0.25) is 5.91 Å². The Bertz CT molecular complexity index is 2040. The lowest BCUT2D eigenvalue weighted by atomic mass is 9.96. The maximum atomic E-state index is 13.4. The zero-order valence-corrected chi connectivity index (χ0v) is 60.0. The molecule has 3 aliphatic heterocycles. The number of rotatable bonds is 60. The summed E-state index contributed by atoms with van der Waals surface area (Å²) in [6.07, 6.45) is 48.8. The van der Waals surface area contributed by atoms with E-state index in [9.17, 15) is 61.0 Å². The molecule has 17 atom stereocenters. The molecule has 97 heavy (non-hydrogen) atoms. The molecule has 3 fully saturated rings. The molecule has 0 spiro atoms. The number of allylic oxidation sites excluding steroid dienone is 11. The van der Waals surface area contributed by atoms with Crippen molar-refractivity contribution in [3.8, 4) is 0 Å². The summed E-state index contributed by atoms with van der Waals surface area (Å²) < 4.78 is 34.4. The Morgan fingerprint density at radius 3 is 1.10 bits per heavy atom. The smallest absolute Gasteiger partial charge is 0.220 e. The molecule has 3 saturated heterocycles. The zero-order chi connectivity index (χ0) is 70.4. The molecule has 0 aromatic heterocycles. The Morgan fingerprint density at radius 2 is 0.691 bits per heavy atom. The van der Waals surface area contributed by atoms with E-state index in [2.05, 4.69) is 79.9 Å². The van der Waals surface area contributed by atoms with Gasteiger partial charge in [0.05, 0.1) is 38.6 Å². The first-order valence-electron chi connectivity index (χ1n) is 38.7. The van der Waals surface area contributed by atoms with Crippen LogP contribution in [-0.2, 0) is 33.2 Å². The Hall–Kier alpha value is -2.77. The number of hydrogen-bond acceptors (Lipinski definition) is 18. The molecule has 0 aliphatic carbocycles. The van der Waals surface area contributed by atoms with Crippen molar-refractivity contribution in [1.82, 2.24) is 5.32 Å². The van der Waals surface area contributed by atoms with Crippen LogP contribution in [0.25, 0.3) is 0 Å². The van der Waals surface area contributed by atoms with Gasteiger partial charge >= 0.3 is 0 Å². The Balaban J connectivity index is 1.42. The Kier molecular flexibility index (Phi) is 53.5. The molecule has 17 unspecified atom stereocenters. The first-order valence-corrected chi connectivity index (χ1v) is 38.7. The van der Waals surface area contributed by atoms with E-state index in [1.165, 1.54) is 180 Å². The number of aliphatic hydroxyl groups excluding tert-OH is 11. The molecule has 12 N–H and O–H groups in total. The van der Waals surface area contributed by atoms with Crippen LogP contribution in [0.5, 0.6) is 0 Å². The van der Waals surface area contributed by atoms with Crippen molar-refractivity contribution in [3.63, 3.8) is 0 Å². The van der Waals surface area contributed by atoms with Crippen LogP contribution in [0.4, 0.5) is 0 Å². The Morgan fingerprint density at radius 1 is 0.371 bits per heavy atom. The molecule has 1 amide bonds. The van der Waals surface area contributed by atoms with Crippen molar-refractivity contribution < 1.29 is 89.4 Å². The van der Waals surface area contributed by atoms with Gasteiger partial charge in [-0.1, -0.05) is 267 Å². The highest BCUT2D eigenvalue weighted by Gasteiger charge is 2.53. The summed E-state index contributed by atoms with van der Waals surface area (Å²) >= 11 is 0. The highest BCUT2D eigenvalue weighted by atomic mass is 16.8. The number of ether oxygens (including phenoxy) is 6. The van der Waals surface area contributed by atoms with Crippen LogP contribution < -0.4 is 5.32 Å². The fourth-order valence-electron chi connectivity index (χ4n) is 12.7. The molecule has 3 aliphatic rings. The quantitative estimate of drug-likeness (QED) is 0.0199. The van der Waals surface area contributed by atoms with Crippen LogP contribution in [-0.4, -0.2) is 193 Å². The summed E-state index contributed by atoms with van der Waals surface area (Å²) in [5.41, 5.74) is 0. The number of unbranched alkanes of at least 4 members (excludes halogenated alkanes) is 34. The first kappa shape index (κ1) is 88.4. The third-order valence-electron chi connectivity index (χ3n) is 19.0. The topological polar surface area (TPSA) is 307 Å². The van der Waals surface area contributed by atoms with E-state index in [4.69, 9.17) is 28.4 Å². The number of carbonyl (C=O) groups is 1. The summed E-state index contributed by atoms with van der Waals surface area (Å²) in [5.74, 6) is -0.293. The number of amides is 1. The van der Waals surface area contributed by atoms with Crippen LogP contribution in [0.3, 0.4) is 0 Å². The predicted molar refractivity (Wildman–Crippen MR) is 383 cm³/mol. The molecule has 0 aromatic carbocycles. The van der Waals surface area contributed by atoms with Crippen molar-refractivity contribution >= 4 is 5.91 Å². The molecule has 3 rings (SSSR count). The molecule has 19 heteroatoms. The standard InChI is InChI=1S/C78H139NO18/c1-3-5-7-9-11-13-15-17-19-21-23-25-27-29-30-32-33-35-37-39-41-43-45-47-49-51-53-55-62(83)61(79-66(84)56-54-52-50-48-46-44-42-40-38-36-34-31-28-26-24-22-20-18-16-14-12-10-8-6-4-2)60-92-76-72(90)69(87)74(64(58-81)94-76)97-78-73(91)70(88)75(65(59-82)95-78)96-77-71(89)68(86)67(85)63(57-80)93-77/h16,18,22,24,28,31,37,39,45,47,53,55,61-65,67-78,80-83,85-91H,3-15,17,19-21,23,25-27,29-30,32-36,38,40-44,46,48-52,54,56-60H2,1-2H3,(H,79,84)/b18-16-,24-22-,31-28-,39-37+,47-45+,55-53+. The molecule has 0 saturated carbocycles. The van der Waals surface area contributed by atoms with Gasteiger partial charge in [-0.3, -0.25) is 4.79 Å². The van der Waals surface area contributed by atoms with Gasteiger partial charge in [-0.05, 0) is 83.5 Å². The van der Waals surface area contributed by atoms with E-state index in [-0.39, 0.29) is 18.9 Å². The summed E-state index contributed by atoms with van der Waals surface area (Å²) in [6.45, 7) is 1.72. The van der Waals surface area contributed by atoms with Gasteiger partial charge in [0.1, 0.15) is 73.2 Å². The lowest BCUT2D eigenvalue weighted by Gasteiger charge is -2.48. The lowest BCUT2D eigenvalue weighted by molar-refractivity contribution is -0.379. The summed E-state index contributed by atoms with van der Waals surface area (Å²) in [5, 5.41) is 121. The minimum atomic E-state index is -1.99. The van der Waals surface area contributed by atoms with Crippen molar-refractivity contribution in [2.24, 2.45) is 0 Å². The lowest BCUT2D eigenvalue weighted by Crippen LogP contribution is -2.66. The minimum Gasteiger partial charge on any atom is -0.394 e. The number of aliphatic hydroxyl groups is 11. The van der Waals surface area contributed by atoms with Gasteiger partial charge in [-0.25, -0.2) is 0 Å². The molecule has 3 heterocycles. The van der Waals surface area contributed by atoms with Gasteiger partial charge in [-0.2, -0.15) is 0 Å². The fourth-order valence-corrected chi connectivity index (χ4v) is 12.7. The van der Waals surface area contributed by atoms with Gasteiger partial charge < -0.3 is 89.9 Å².